The molecule has 98 valence electrons. The van der Waals surface area contributed by atoms with Crippen molar-refractivity contribution in [3.63, 3.8) is 0 Å². The lowest BCUT2D eigenvalue weighted by atomic mass is 10.0. The number of unbranched alkanes of at least 4 members (excludes halogenated alkanes) is 9. The Kier molecular flexibility index (Phi) is 13.0. The van der Waals surface area contributed by atoms with Crippen LogP contribution in [-0.2, 0) is 0 Å². The standard InChI is InChI=1S/C15H32O/c1-3-4-5-6-7-8-9-10-11-12-13-15(2)14-16/h15-16H,3-14H2,1-2H3. The van der Waals surface area contributed by atoms with Crippen molar-refractivity contribution in [2.24, 2.45) is 5.92 Å². The van der Waals surface area contributed by atoms with E-state index in [1.54, 1.807) is 0 Å². The summed E-state index contributed by atoms with van der Waals surface area (Å²) in [5, 5.41) is 8.88. The van der Waals surface area contributed by atoms with E-state index in [1.165, 1.54) is 70.6 Å². The van der Waals surface area contributed by atoms with Crippen LogP contribution in [0.25, 0.3) is 0 Å². The summed E-state index contributed by atoms with van der Waals surface area (Å²) in [5.41, 5.74) is 0. The monoisotopic (exact) mass is 228 g/mol. The molecule has 0 saturated heterocycles. The molecule has 0 fully saturated rings. The van der Waals surface area contributed by atoms with Gasteiger partial charge in [-0.15, -0.1) is 0 Å². The summed E-state index contributed by atoms with van der Waals surface area (Å²) >= 11 is 0. The number of rotatable bonds is 12. The summed E-state index contributed by atoms with van der Waals surface area (Å²) in [6, 6.07) is 0. The van der Waals surface area contributed by atoms with Crippen molar-refractivity contribution >= 4 is 0 Å². The predicted molar refractivity (Wildman–Crippen MR) is 72.7 cm³/mol. The van der Waals surface area contributed by atoms with Crippen molar-refractivity contribution in [1.82, 2.24) is 0 Å². The van der Waals surface area contributed by atoms with Crippen LogP contribution in [0.15, 0.2) is 0 Å². The van der Waals surface area contributed by atoms with Crippen LogP contribution in [0.5, 0.6) is 0 Å². The summed E-state index contributed by atoms with van der Waals surface area (Å²) in [7, 11) is 0. The lowest BCUT2D eigenvalue weighted by Crippen LogP contribution is -1.99. The van der Waals surface area contributed by atoms with Gasteiger partial charge in [-0.25, -0.2) is 0 Å². The van der Waals surface area contributed by atoms with Crippen LogP contribution in [-0.4, -0.2) is 11.7 Å². The Hall–Kier alpha value is -0.0400. The van der Waals surface area contributed by atoms with Crippen molar-refractivity contribution in [1.29, 1.82) is 0 Å². The summed E-state index contributed by atoms with van der Waals surface area (Å²) in [4.78, 5) is 0. The Morgan fingerprint density at radius 2 is 1.19 bits per heavy atom. The first-order valence-electron chi connectivity index (χ1n) is 7.42. The number of hydrogen-bond acceptors (Lipinski definition) is 1. The van der Waals surface area contributed by atoms with Gasteiger partial charge in [0.2, 0.25) is 0 Å². The molecule has 0 amide bonds. The average Bonchev–Trinajstić information content (AvgIpc) is 2.31. The maximum atomic E-state index is 8.88. The summed E-state index contributed by atoms with van der Waals surface area (Å²) in [5.74, 6) is 0.508. The molecule has 0 aliphatic carbocycles. The highest BCUT2D eigenvalue weighted by Gasteiger charge is 1.98. The van der Waals surface area contributed by atoms with Gasteiger partial charge in [0, 0.05) is 6.61 Å². The third kappa shape index (κ3) is 12.0. The first-order chi connectivity index (χ1) is 7.81. The van der Waals surface area contributed by atoms with Gasteiger partial charge < -0.3 is 5.11 Å². The Balaban J connectivity index is 2.93. The fourth-order valence-corrected chi connectivity index (χ4v) is 2.07. The summed E-state index contributed by atoms with van der Waals surface area (Å²) in [6.45, 7) is 4.76. The Labute approximate surface area is 103 Å². The Morgan fingerprint density at radius 3 is 1.62 bits per heavy atom. The van der Waals surface area contributed by atoms with Gasteiger partial charge in [0.15, 0.2) is 0 Å². The minimum atomic E-state index is 0.359. The van der Waals surface area contributed by atoms with Gasteiger partial charge in [0.25, 0.3) is 0 Å². The van der Waals surface area contributed by atoms with Gasteiger partial charge >= 0.3 is 0 Å². The van der Waals surface area contributed by atoms with Gasteiger partial charge in [-0.05, 0) is 12.3 Å². The average molecular weight is 228 g/mol. The molecule has 0 aliphatic rings. The first-order valence-corrected chi connectivity index (χ1v) is 7.42. The van der Waals surface area contributed by atoms with E-state index in [0.717, 1.165) is 0 Å². The van der Waals surface area contributed by atoms with Gasteiger partial charge in [-0.1, -0.05) is 78.1 Å². The molecule has 0 rings (SSSR count). The van der Waals surface area contributed by atoms with Crippen LogP contribution >= 0.6 is 0 Å². The maximum Gasteiger partial charge on any atom is 0.0456 e. The lowest BCUT2D eigenvalue weighted by molar-refractivity contribution is 0.227. The molecule has 0 aromatic rings. The van der Waals surface area contributed by atoms with Crippen LogP contribution in [0.2, 0.25) is 0 Å². The Morgan fingerprint density at radius 1 is 0.750 bits per heavy atom. The van der Waals surface area contributed by atoms with E-state index in [1.807, 2.05) is 0 Å². The zero-order chi connectivity index (χ0) is 12.1. The maximum absolute atomic E-state index is 8.88. The fourth-order valence-electron chi connectivity index (χ4n) is 2.07. The van der Waals surface area contributed by atoms with E-state index in [9.17, 15) is 0 Å². The van der Waals surface area contributed by atoms with E-state index in [2.05, 4.69) is 13.8 Å². The molecule has 16 heavy (non-hydrogen) atoms. The van der Waals surface area contributed by atoms with E-state index in [-0.39, 0.29) is 0 Å². The smallest absolute Gasteiger partial charge is 0.0456 e. The first kappa shape index (κ1) is 16.0. The van der Waals surface area contributed by atoms with E-state index in [4.69, 9.17) is 5.11 Å². The molecule has 0 saturated carbocycles. The highest BCUT2D eigenvalue weighted by Crippen LogP contribution is 2.13. The van der Waals surface area contributed by atoms with Crippen LogP contribution in [0, 0.1) is 5.92 Å². The molecule has 1 N–H and O–H groups in total. The van der Waals surface area contributed by atoms with Crippen molar-refractivity contribution < 1.29 is 5.11 Å². The second-order valence-corrected chi connectivity index (χ2v) is 5.26. The number of hydrogen-bond donors (Lipinski definition) is 1. The van der Waals surface area contributed by atoms with Crippen molar-refractivity contribution in [3.05, 3.63) is 0 Å². The minimum absolute atomic E-state index is 0.359. The highest BCUT2D eigenvalue weighted by atomic mass is 16.3. The van der Waals surface area contributed by atoms with E-state index >= 15 is 0 Å². The van der Waals surface area contributed by atoms with Crippen molar-refractivity contribution in [3.8, 4) is 0 Å². The zero-order valence-corrected chi connectivity index (χ0v) is 11.5. The molecule has 0 bridgehead atoms. The molecular formula is C15H32O. The molecule has 1 heteroatoms. The fraction of sp³-hybridized carbons (Fsp3) is 1.00. The van der Waals surface area contributed by atoms with Gasteiger partial charge in [0.1, 0.15) is 0 Å². The predicted octanol–water partition coefficient (Wildman–Crippen LogP) is 4.93. The molecule has 0 aromatic heterocycles. The van der Waals surface area contributed by atoms with Crippen molar-refractivity contribution in [2.75, 3.05) is 6.61 Å². The van der Waals surface area contributed by atoms with Crippen LogP contribution in [0.4, 0.5) is 0 Å². The molecule has 0 radical (unpaired) electrons. The summed E-state index contributed by atoms with van der Waals surface area (Å²) < 4.78 is 0. The minimum Gasteiger partial charge on any atom is -0.396 e. The quantitative estimate of drug-likeness (QED) is 0.470. The molecule has 0 spiro atoms. The van der Waals surface area contributed by atoms with E-state index in [0.29, 0.717) is 12.5 Å². The Bertz CT molecular complexity index is 123. The number of aliphatic hydroxyl groups is 1. The van der Waals surface area contributed by atoms with Gasteiger partial charge in [0.05, 0.1) is 0 Å². The van der Waals surface area contributed by atoms with E-state index < -0.39 is 0 Å². The zero-order valence-electron chi connectivity index (χ0n) is 11.5. The molecule has 0 aromatic carbocycles. The molecule has 0 heterocycles. The highest BCUT2D eigenvalue weighted by molar-refractivity contribution is 4.52. The molecule has 0 aliphatic heterocycles. The van der Waals surface area contributed by atoms with Crippen molar-refractivity contribution in [2.45, 2.75) is 84.5 Å². The van der Waals surface area contributed by atoms with Gasteiger partial charge in [-0.2, -0.15) is 0 Å². The molecule has 1 unspecified atom stereocenters. The summed E-state index contributed by atoms with van der Waals surface area (Å²) in [6.07, 6.45) is 15.2. The van der Waals surface area contributed by atoms with Gasteiger partial charge in [-0.3, -0.25) is 0 Å². The lowest BCUT2D eigenvalue weighted by Gasteiger charge is -2.06. The third-order valence-corrected chi connectivity index (χ3v) is 3.36. The van der Waals surface area contributed by atoms with Crippen LogP contribution in [0.1, 0.15) is 84.5 Å². The molecule has 1 atom stereocenters. The molecule has 1 nitrogen and oxygen atoms in total. The topological polar surface area (TPSA) is 20.2 Å². The van der Waals surface area contributed by atoms with Crippen LogP contribution in [0.3, 0.4) is 0 Å². The molecular weight excluding hydrogens is 196 g/mol. The normalized spacial score (nSPS) is 12.9. The number of aliphatic hydroxyl groups excluding tert-OH is 1. The SMILES string of the molecule is CCCCCCCCCCCCC(C)CO. The second-order valence-electron chi connectivity index (χ2n) is 5.26. The largest absolute Gasteiger partial charge is 0.396 e. The second kappa shape index (κ2) is 13.0. The van der Waals surface area contributed by atoms with Crippen LogP contribution < -0.4 is 0 Å². The third-order valence-electron chi connectivity index (χ3n) is 3.36.